The van der Waals surface area contributed by atoms with Gasteiger partial charge in [0.15, 0.2) is 5.76 Å². The van der Waals surface area contributed by atoms with Crippen LogP contribution in [0.3, 0.4) is 0 Å². The predicted octanol–water partition coefficient (Wildman–Crippen LogP) is 2.49. The van der Waals surface area contributed by atoms with Crippen molar-refractivity contribution in [2.24, 2.45) is 5.92 Å². The Morgan fingerprint density at radius 2 is 2.40 bits per heavy atom. The van der Waals surface area contributed by atoms with Gasteiger partial charge in [-0.2, -0.15) is 5.10 Å². The van der Waals surface area contributed by atoms with Gasteiger partial charge in [0.05, 0.1) is 12.8 Å². The van der Waals surface area contributed by atoms with Crippen molar-refractivity contribution in [3.63, 3.8) is 0 Å². The van der Waals surface area contributed by atoms with Crippen LogP contribution in [-0.4, -0.2) is 30.0 Å². The van der Waals surface area contributed by atoms with E-state index in [0.717, 1.165) is 49.1 Å². The SMILES string of the molecule is Cc1ccc(-c2[nH]ncc2CNC[C@@H]2CCCOC2)o1. The summed E-state index contributed by atoms with van der Waals surface area (Å²) in [5.41, 5.74) is 2.10. The Bertz CT molecular complexity index is 541. The minimum Gasteiger partial charge on any atom is -0.460 e. The Balaban J connectivity index is 1.56. The van der Waals surface area contributed by atoms with Crippen molar-refractivity contribution in [3.05, 3.63) is 29.7 Å². The normalized spacial score (nSPS) is 19.4. The maximum atomic E-state index is 5.65. The molecule has 0 aliphatic carbocycles. The highest BCUT2D eigenvalue weighted by molar-refractivity contribution is 5.56. The van der Waals surface area contributed by atoms with Gasteiger partial charge in [-0.15, -0.1) is 0 Å². The van der Waals surface area contributed by atoms with Gasteiger partial charge in [0.2, 0.25) is 0 Å². The van der Waals surface area contributed by atoms with Crippen LogP contribution in [-0.2, 0) is 11.3 Å². The summed E-state index contributed by atoms with van der Waals surface area (Å²) in [6, 6.07) is 3.94. The molecule has 0 saturated carbocycles. The van der Waals surface area contributed by atoms with Crippen LogP contribution in [0.2, 0.25) is 0 Å². The molecule has 0 spiro atoms. The van der Waals surface area contributed by atoms with Gasteiger partial charge in [-0.05, 0) is 37.8 Å². The summed E-state index contributed by atoms with van der Waals surface area (Å²) in [6.07, 6.45) is 4.29. The van der Waals surface area contributed by atoms with Crippen molar-refractivity contribution in [1.29, 1.82) is 0 Å². The maximum Gasteiger partial charge on any atom is 0.152 e. The second-order valence-corrected chi connectivity index (χ2v) is 5.39. The standard InChI is InChI=1S/C15H21N3O2/c1-11-4-5-14(20-11)15-13(9-17-18-15)8-16-7-12-3-2-6-19-10-12/h4-5,9,12,16H,2-3,6-8,10H2,1H3,(H,17,18)/t12-/m0/s1. The summed E-state index contributed by atoms with van der Waals surface area (Å²) in [5.74, 6) is 2.38. The first kappa shape index (κ1) is 13.4. The minimum absolute atomic E-state index is 0.630. The number of aromatic amines is 1. The number of aromatic nitrogens is 2. The summed E-state index contributed by atoms with van der Waals surface area (Å²) in [4.78, 5) is 0. The number of ether oxygens (including phenoxy) is 1. The fourth-order valence-corrected chi connectivity index (χ4v) is 2.61. The Hall–Kier alpha value is -1.59. The molecule has 1 saturated heterocycles. The lowest BCUT2D eigenvalue weighted by molar-refractivity contribution is 0.0547. The molecule has 5 nitrogen and oxygen atoms in total. The molecule has 2 aromatic heterocycles. The zero-order chi connectivity index (χ0) is 13.8. The van der Waals surface area contributed by atoms with Crippen LogP contribution >= 0.6 is 0 Å². The first-order valence-electron chi connectivity index (χ1n) is 7.20. The Morgan fingerprint density at radius 1 is 1.45 bits per heavy atom. The summed E-state index contributed by atoms with van der Waals surface area (Å²) in [7, 11) is 0. The summed E-state index contributed by atoms with van der Waals surface area (Å²) in [5, 5.41) is 10.6. The highest BCUT2D eigenvalue weighted by Crippen LogP contribution is 2.23. The van der Waals surface area contributed by atoms with Crippen LogP contribution < -0.4 is 5.32 Å². The van der Waals surface area contributed by atoms with E-state index in [1.54, 1.807) is 0 Å². The van der Waals surface area contributed by atoms with Gasteiger partial charge in [0.25, 0.3) is 0 Å². The van der Waals surface area contributed by atoms with Crippen LogP contribution in [0.4, 0.5) is 0 Å². The predicted molar refractivity (Wildman–Crippen MR) is 76.3 cm³/mol. The number of rotatable bonds is 5. The van der Waals surface area contributed by atoms with Crippen LogP contribution in [0.1, 0.15) is 24.2 Å². The van der Waals surface area contributed by atoms with E-state index in [4.69, 9.17) is 9.15 Å². The second-order valence-electron chi connectivity index (χ2n) is 5.39. The van der Waals surface area contributed by atoms with E-state index in [-0.39, 0.29) is 0 Å². The fraction of sp³-hybridized carbons (Fsp3) is 0.533. The van der Waals surface area contributed by atoms with Crippen molar-refractivity contribution in [2.75, 3.05) is 19.8 Å². The highest BCUT2D eigenvalue weighted by Gasteiger charge is 2.15. The van der Waals surface area contributed by atoms with Crippen molar-refractivity contribution in [1.82, 2.24) is 15.5 Å². The molecule has 0 bridgehead atoms. The van der Waals surface area contributed by atoms with Gasteiger partial charge in [-0.1, -0.05) is 0 Å². The van der Waals surface area contributed by atoms with Crippen molar-refractivity contribution in [3.8, 4) is 11.5 Å². The largest absolute Gasteiger partial charge is 0.460 e. The molecule has 3 rings (SSSR count). The van der Waals surface area contributed by atoms with E-state index in [9.17, 15) is 0 Å². The lowest BCUT2D eigenvalue weighted by Crippen LogP contribution is -2.28. The average Bonchev–Trinajstić information content (AvgIpc) is 3.09. The number of nitrogens with zero attached hydrogens (tertiary/aromatic N) is 1. The molecule has 2 N–H and O–H groups in total. The van der Waals surface area contributed by atoms with E-state index < -0.39 is 0 Å². The average molecular weight is 275 g/mol. The number of hydrogen-bond acceptors (Lipinski definition) is 4. The van der Waals surface area contributed by atoms with E-state index >= 15 is 0 Å². The first-order chi connectivity index (χ1) is 9.83. The number of aryl methyl sites for hydroxylation is 1. The lowest BCUT2D eigenvalue weighted by atomic mass is 10.0. The molecule has 20 heavy (non-hydrogen) atoms. The van der Waals surface area contributed by atoms with Crippen LogP contribution in [0.25, 0.3) is 11.5 Å². The molecular weight excluding hydrogens is 254 g/mol. The molecule has 5 heteroatoms. The van der Waals surface area contributed by atoms with E-state index in [2.05, 4.69) is 15.5 Å². The van der Waals surface area contributed by atoms with Gasteiger partial charge in [0.1, 0.15) is 11.5 Å². The van der Waals surface area contributed by atoms with Gasteiger partial charge in [-0.3, -0.25) is 5.10 Å². The van der Waals surface area contributed by atoms with Gasteiger partial charge in [0, 0.05) is 25.3 Å². The molecule has 0 aromatic carbocycles. The van der Waals surface area contributed by atoms with Gasteiger partial charge in [-0.25, -0.2) is 0 Å². The fourth-order valence-electron chi connectivity index (χ4n) is 2.61. The number of H-pyrrole nitrogens is 1. The number of hydrogen-bond donors (Lipinski definition) is 2. The third kappa shape index (κ3) is 3.11. The van der Waals surface area contributed by atoms with Gasteiger partial charge < -0.3 is 14.5 Å². The third-order valence-corrected chi connectivity index (χ3v) is 3.71. The third-order valence-electron chi connectivity index (χ3n) is 3.71. The Kier molecular flexibility index (Phi) is 4.18. The molecule has 1 aliphatic heterocycles. The molecule has 0 unspecified atom stereocenters. The van der Waals surface area contributed by atoms with Crippen molar-refractivity contribution < 1.29 is 9.15 Å². The molecule has 1 aliphatic rings. The zero-order valence-corrected chi connectivity index (χ0v) is 11.8. The monoisotopic (exact) mass is 275 g/mol. The number of furan rings is 1. The van der Waals surface area contributed by atoms with E-state index in [1.165, 1.54) is 12.8 Å². The van der Waals surface area contributed by atoms with E-state index in [0.29, 0.717) is 5.92 Å². The van der Waals surface area contributed by atoms with Crippen LogP contribution in [0.5, 0.6) is 0 Å². The highest BCUT2D eigenvalue weighted by atomic mass is 16.5. The molecule has 108 valence electrons. The lowest BCUT2D eigenvalue weighted by Gasteiger charge is -2.22. The van der Waals surface area contributed by atoms with E-state index in [1.807, 2.05) is 25.3 Å². The molecule has 2 aromatic rings. The molecular formula is C15H21N3O2. The zero-order valence-electron chi connectivity index (χ0n) is 11.8. The quantitative estimate of drug-likeness (QED) is 0.880. The Labute approximate surface area is 118 Å². The molecule has 3 heterocycles. The van der Waals surface area contributed by atoms with Crippen LogP contribution in [0.15, 0.2) is 22.7 Å². The molecule has 1 fully saturated rings. The molecule has 1 atom stereocenters. The molecule has 0 amide bonds. The Morgan fingerprint density at radius 3 is 3.15 bits per heavy atom. The topological polar surface area (TPSA) is 63.1 Å². The van der Waals surface area contributed by atoms with Crippen molar-refractivity contribution >= 4 is 0 Å². The summed E-state index contributed by atoms with van der Waals surface area (Å²) in [6.45, 7) is 5.52. The summed E-state index contributed by atoms with van der Waals surface area (Å²) < 4.78 is 11.1. The summed E-state index contributed by atoms with van der Waals surface area (Å²) >= 11 is 0. The number of nitrogens with one attached hydrogen (secondary N) is 2. The van der Waals surface area contributed by atoms with Crippen molar-refractivity contribution in [2.45, 2.75) is 26.3 Å². The maximum absolute atomic E-state index is 5.65. The minimum atomic E-state index is 0.630. The smallest absolute Gasteiger partial charge is 0.152 e. The second kappa shape index (κ2) is 6.24. The van der Waals surface area contributed by atoms with Crippen LogP contribution in [0, 0.1) is 12.8 Å². The van der Waals surface area contributed by atoms with Gasteiger partial charge >= 0.3 is 0 Å². The molecule has 0 radical (unpaired) electrons. The first-order valence-corrected chi connectivity index (χ1v) is 7.20.